The number of ether oxygens (including phenoxy) is 1. The van der Waals surface area contributed by atoms with Gasteiger partial charge in [-0.15, -0.1) is 0 Å². The molecule has 1 fully saturated rings. The number of rotatable bonds is 5. The van der Waals surface area contributed by atoms with Crippen molar-refractivity contribution in [1.29, 1.82) is 0 Å². The Hall–Kier alpha value is -3.28. The Morgan fingerprint density at radius 2 is 1.82 bits per heavy atom. The SMILES string of the molecule is COc1cc(N2CCN(C(=O)c3ccc([N+](=O)[O-])s3)CC2)c([N+](=O)[O-])cc1F. The first-order valence-corrected chi connectivity index (χ1v) is 8.94. The molecule has 0 spiro atoms. The Morgan fingerprint density at radius 3 is 2.36 bits per heavy atom. The van der Waals surface area contributed by atoms with Gasteiger partial charge in [0.25, 0.3) is 11.6 Å². The van der Waals surface area contributed by atoms with Crippen LogP contribution in [0.3, 0.4) is 0 Å². The Labute approximate surface area is 162 Å². The Bertz CT molecular complexity index is 941. The summed E-state index contributed by atoms with van der Waals surface area (Å²) in [5.74, 6) is -1.26. The fourth-order valence-corrected chi connectivity index (χ4v) is 3.72. The summed E-state index contributed by atoms with van der Waals surface area (Å²) < 4.78 is 18.7. The second kappa shape index (κ2) is 7.76. The third kappa shape index (κ3) is 3.71. The van der Waals surface area contributed by atoms with Crippen LogP contribution in [0.5, 0.6) is 5.75 Å². The van der Waals surface area contributed by atoms with Gasteiger partial charge in [0.05, 0.1) is 27.9 Å². The number of hydrogen-bond donors (Lipinski definition) is 0. The summed E-state index contributed by atoms with van der Waals surface area (Å²) in [5, 5.41) is 21.9. The van der Waals surface area contributed by atoms with Gasteiger partial charge in [0.1, 0.15) is 5.69 Å². The monoisotopic (exact) mass is 410 g/mol. The molecule has 1 aliphatic rings. The van der Waals surface area contributed by atoms with Crippen molar-refractivity contribution in [3.8, 4) is 5.75 Å². The van der Waals surface area contributed by atoms with Crippen molar-refractivity contribution in [2.24, 2.45) is 0 Å². The van der Waals surface area contributed by atoms with Crippen LogP contribution in [0.15, 0.2) is 24.3 Å². The van der Waals surface area contributed by atoms with Crippen LogP contribution in [0.1, 0.15) is 9.67 Å². The summed E-state index contributed by atoms with van der Waals surface area (Å²) in [4.78, 5) is 36.8. The van der Waals surface area contributed by atoms with Crippen LogP contribution < -0.4 is 9.64 Å². The van der Waals surface area contributed by atoms with Crippen molar-refractivity contribution in [2.75, 3.05) is 38.2 Å². The average molecular weight is 410 g/mol. The second-order valence-corrected chi connectivity index (χ2v) is 6.97. The highest BCUT2D eigenvalue weighted by Crippen LogP contribution is 2.35. The van der Waals surface area contributed by atoms with Crippen LogP contribution >= 0.6 is 11.3 Å². The highest BCUT2D eigenvalue weighted by Gasteiger charge is 2.29. The molecule has 0 aliphatic carbocycles. The first-order valence-electron chi connectivity index (χ1n) is 8.12. The topological polar surface area (TPSA) is 119 Å². The number of nitro benzene ring substituents is 1. The highest BCUT2D eigenvalue weighted by atomic mass is 32.1. The van der Waals surface area contributed by atoms with Gasteiger partial charge in [-0.1, -0.05) is 11.3 Å². The summed E-state index contributed by atoms with van der Waals surface area (Å²) in [6.45, 7) is 1.10. The molecule has 1 amide bonds. The van der Waals surface area contributed by atoms with Crippen LogP contribution in [0.2, 0.25) is 0 Å². The summed E-state index contributed by atoms with van der Waals surface area (Å²) in [5.41, 5.74) is -0.172. The molecule has 0 unspecified atom stereocenters. The number of carbonyl (C=O) groups excluding carboxylic acids is 1. The number of thiophene rings is 1. The Morgan fingerprint density at radius 1 is 1.14 bits per heavy atom. The quantitative estimate of drug-likeness (QED) is 0.549. The number of hydrogen-bond acceptors (Lipinski definition) is 8. The van der Waals surface area contributed by atoms with Crippen molar-refractivity contribution in [2.45, 2.75) is 0 Å². The molecule has 0 atom stereocenters. The van der Waals surface area contributed by atoms with Crippen molar-refractivity contribution in [3.63, 3.8) is 0 Å². The maximum absolute atomic E-state index is 13.8. The van der Waals surface area contributed by atoms with Crippen molar-refractivity contribution in [1.82, 2.24) is 4.90 Å². The molecular formula is C16H15FN4O6S. The predicted molar refractivity (Wildman–Crippen MR) is 98.7 cm³/mol. The van der Waals surface area contributed by atoms with E-state index in [1.807, 2.05) is 0 Å². The largest absolute Gasteiger partial charge is 0.494 e. The maximum atomic E-state index is 13.8. The molecule has 0 radical (unpaired) electrons. The average Bonchev–Trinajstić information content (AvgIpc) is 3.18. The van der Waals surface area contributed by atoms with Crippen LogP contribution in [0.4, 0.5) is 20.8 Å². The van der Waals surface area contributed by atoms with Gasteiger partial charge in [0.15, 0.2) is 11.6 Å². The van der Waals surface area contributed by atoms with E-state index in [1.165, 1.54) is 30.2 Å². The fraction of sp³-hybridized carbons (Fsp3) is 0.312. The molecule has 0 bridgehead atoms. The number of nitro groups is 2. The van der Waals surface area contributed by atoms with E-state index < -0.39 is 15.7 Å². The predicted octanol–water partition coefficient (Wildman–Crippen LogP) is 2.67. The van der Waals surface area contributed by atoms with Crippen molar-refractivity contribution >= 4 is 33.6 Å². The van der Waals surface area contributed by atoms with Gasteiger partial charge >= 0.3 is 5.00 Å². The molecule has 0 saturated carbocycles. The Kier molecular flexibility index (Phi) is 5.40. The van der Waals surface area contributed by atoms with Gasteiger partial charge in [0, 0.05) is 38.3 Å². The number of amides is 1. The van der Waals surface area contributed by atoms with Gasteiger partial charge < -0.3 is 14.5 Å². The molecule has 10 nitrogen and oxygen atoms in total. The molecule has 1 aliphatic heterocycles. The van der Waals surface area contributed by atoms with Gasteiger partial charge in [-0.2, -0.15) is 0 Å². The molecule has 1 saturated heterocycles. The molecule has 1 aromatic heterocycles. The minimum Gasteiger partial charge on any atom is -0.494 e. The van der Waals surface area contributed by atoms with E-state index in [0.29, 0.717) is 0 Å². The van der Waals surface area contributed by atoms with E-state index >= 15 is 0 Å². The molecule has 2 aromatic rings. The summed E-state index contributed by atoms with van der Waals surface area (Å²) in [7, 11) is 1.27. The van der Waals surface area contributed by atoms with Crippen molar-refractivity contribution < 1.29 is 23.8 Å². The van der Waals surface area contributed by atoms with Gasteiger partial charge in [0.2, 0.25) is 0 Å². The van der Waals surface area contributed by atoms with E-state index in [9.17, 15) is 29.4 Å². The van der Waals surface area contributed by atoms with E-state index in [1.54, 1.807) is 4.90 Å². The zero-order chi connectivity index (χ0) is 20.4. The molecule has 0 N–H and O–H groups in total. The molecule has 12 heteroatoms. The number of methoxy groups -OCH3 is 1. The van der Waals surface area contributed by atoms with Gasteiger partial charge in [-0.3, -0.25) is 25.0 Å². The molecule has 2 heterocycles. The molecule has 3 rings (SSSR count). The second-order valence-electron chi connectivity index (χ2n) is 5.91. The smallest absolute Gasteiger partial charge is 0.324 e. The fourth-order valence-electron chi connectivity index (χ4n) is 2.94. The summed E-state index contributed by atoms with van der Waals surface area (Å²) >= 11 is 0.801. The van der Waals surface area contributed by atoms with E-state index in [0.717, 1.165) is 17.4 Å². The normalized spacial score (nSPS) is 14.1. The third-order valence-corrected chi connectivity index (χ3v) is 5.36. The lowest BCUT2D eigenvalue weighted by Gasteiger charge is -2.35. The van der Waals surface area contributed by atoms with Crippen LogP contribution in [-0.2, 0) is 0 Å². The van der Waals surface area contributed by atoms with E-state index in [4.69, 9.17) is 4.74 Å². The lowest BCUT2D eigenvalue weighted by molar-refractivity contribution is -0.384. The maximum Gasteiger partial charge on any atom is 0.324 e. The zero-order valence-corrected chi connectivity index (χ0v) is 15.5. The van der Waals surface area contributed by atoms with Crippen LogP contribution in [0, 0.1) is 26.0 Å². The molecule has 28 heavy (non-hydrogen) atoms. The summed E-state index contributed by atoms with van der Waals surface area (Å²) in [6.07, 6.45) is 0. The van der Waals surface area contributed by atoms with Gasteiger partial charge in [-0.25, -0.2) is 4.39 Å². The lowest BCUT2D eigenvalue weighted by Crippen LogP contribution is -2.48. The van der Waals surface area contributed by atoms with E-state index in [2.05, 4.69) is 0 Å². The third-order valence-electron chi connectivity index (χ3n) is 4.34. The molecule has 1 aromatic carbocycles. The minimum absolute atomic E-state index is 0.106. The first kappa shape index (κ1) is 19.5. The number of nitrogens with zero attached hydrogens (tertiary/aromatic N) is 4. The standard InChI is InChI=1S/C16H15FN4O6S/c1-27-13-9-11(12(20(23)24)8-10(13)17)18-4-6-19(7-5-18)16(22)14-2-3-15(28-14)21(25)26/h2-3,8-9H,4-7H2,1H3. The van der Waals surface area contributed by atoms with E-state index in [-0.39, 0.29) is 59.1 Å². The zero-order valence-electron chi connectivity index (χ0n) is 14.7. The number of benzene rings is 1. The lowest BCUT2D eigenvalue weighted by atomic mass is 10.2. The number of anilines is 1. The highest BCUT2D eigenvalue weighted by molar-refractivity contribution is 7.17. The summed E-state index contributed by atoms with van der Waals surface area (Å²) in [6, 6.07) is 4.78. The molecular weight excluding hydrogens is 395 g/mol. The van der Waals surface area contributed by atoms with Gasteiger partial charge in [-0.05, 0) is 6.07 Å². The van der Waals surface area contributed by atoms with Crippen LogP contribution in [0.25, 0.3) is 0 Å². The molecule has 148 valence electrons. The first-order chi connectivity index (χ1) is 13.3. The number of carbonyl (C=O) groups is 1. The van der Waals surface area contributed by atoms with Crippen LogP contribution in [-0.4, -0.2) is 53.9 Å². The minimum atomic E-state index is -0.828. The number of piperazine rings is 1. The number of halogens is 1. The Balaban J connectivity index is 1.75. The van der Waals surface area contributed by atoms with Crippen molar-refractivity contribution in [3.05, 3.63) is 55.2 Å².